The van der Waals surface area contributed by atoms with Gasteiger partial charge in [-0.1, -0.05) is 18.7 Å². The Bertz CT molecular complexity index is 2710. The summed E-state index contributed by atoms with van der Waals surface area (Å²) in [6.07, 6.45) is -1.36. The molecule has 0 radical (unpaired) electrons. The highest BCUT2D eigenvalue weighted by atomic mass is 16.4. The Morgan fingerprint density at radius 1 is 0.708 bits per heavy atom. The quantitative estimate of drug-likeness (QED) is 0.172. The number of phenols is 2. The van der Waals surface area contributed by atoms with Crippen molar-refractivity contribution >= 4 is 46.2 Å². The normalized spacial score (nSPS) is 30.6. The van der Waals surface area contributed by atoms with Crippen LogP contribution in [0.5, 0.6) is 11.5 Å². The average molecular weight is 900 g/mol. The first-order chi connectivity index (χ1) is 30.2. The van der Waals surface area contributed by atoms with Crippen molar-refractivity contribution in [2.24, 2.45) is 35.1 Å². The zero-order valence-electron chi connectivity index (χ0n) is 36.0. The number of aliphatic hydroxyl groups is 7. The Balaban J connectivity index is 0.000000194. The number of allylic oxidation sites excluding steroid dienone is 1. The van der Waals surface area contributed by atoms with Gasteiger partial charge in [0.15, 0.2) is 22.8 Å². The van der Waals surface area contributed by atoms with Gasteiger partial charge in [-0.25, -0.2) is 0 Å². The molecule has 2 aromatic carbocycles. The van der Waals surface area contributed by atoms with E-state index < -0.39 is 134 Å². The average Bonchev–Trinajstić information content (AvgIpc) is 3.20. The number of carbonyl (C=O) groups excluding carboxylic acids is 6. The number of phenolic OH excluding ortho intramolecular Hbond substituents is 2. The number of primary amides is 2. The molecule has 20 nitrogen and oxygen atoms in total. The first-order valence-electron chi connectivity index (χ1n) is 20.2. The van der Waals surface area contributed by atoms with Crippen LogP contribution < -0.4 is 16.4 Å². The lowest BCUT2D eigenvalue weighted by Crippen LogP contribution is -2.68. The second-order valence-corrected chi connectivity index (χ2v) is 17.8. The number of hydrogen-bond acceptors (Lipinski definition) is 18. The van der Waals surface area contributed by atoms with Crippen molar-refractivity contribution in [3.8, 4) is 11.5 Å². The van der Waals surface area contributed by atoms with Gasteiger partial charge in [-0.3, -0.25) is 38.6 Å². The third kappa shape index (κ3) is 6.15. The number of carbonyl (C=O) groups is 6. The molecule has 0 spiro atoms. The van der Waals surface area contributed by atoms with E-state index in [2.05, 4.69) is 6.58 Å². The van der Waals surface area contributed by atoms with Crippen molar-refractivity contribution in [1.29, 1.82) is 0 Å². The second-order valence-electron chi connectivity index (χ2n) is 17.8. The molecular weight excluding hydrogens is 851 g/mol. The molecule has 0 heterocycles. The van der Waals surface area contributed by atoms with Crippen LogP contribution in [-0.2, 0) is 25.6 Å². The molecule has 0 unspecified atom stereocenters. The van der Waals surface area contributed by atoms with Crippen LogP contribution in [0.25, 0.3) is 5.57 Å². The summed E-state index contributed by atoms with van der Waals surface area (Å²) in [5.74, 6) is -15.3. The number of Topliss-reactive ketones (excluding diaryl/α,β-unsaturated/α-hetero) is 4. The van der Waals surface area contributed by atoms with Gasteiger partial charge in [-0.15, -0.1) is 0 Å². The van der Waals surface area contributed by atoms with Gasteiger partial charge in [0.25, 0.3) is 11.8 Å². The lowest BCUT2D eigenvalue weighted by Gasteiger charge is -2.52. The Labute approximate surface area is 370 Å². The molecule has 8 rings (SSSR count). The lowest BCUT2D eigenvalue weighted by atomic mass is 9.56. The number of nitrogens with zero attached hydrogens (tertiary/aromatic N) is 3. The van der Waals surface area contributed by atoms with Gasteiger partial charge in [0.05, 0.1) is 40.8 Å². The number of fused-ring (bicyclic) bond motifs is 6. The molecule has 0 saturated carbocycles. The minimum Gasteiger partial charge on any atom is -0.510 e. The number of aliphatic hydroxyl groups excluding tert-OH is 5. The third-order valence-electron chi connectivity index (χ3n) is 13.7. The predicted octanol–water partition coefficient (Wildman–Crippen LogP) is -0.251. The van der Waals surface area contributed by atoms with Crippen molar-refractivity contribution in [3.05, 3.63) is 104 Å². The third-order valence-corrected chi connectivity index (χ3v) is 13.7. The number of rotatable bonds is 5. The van der Waals surface area contributed by atoms with E-state index in [4.69, 9.17) is 11.5 Å². The summed E-state index contributed by atoms with van der Waals surface area (Å²) < 4.78 is 0. The lowest BCUT2D eigenvalue weighted by molar-refractivity contribution is -0.159. The summed E-state index contributed by atoms with van der Waals surface area (Å²) in [4.78, 5) is 81.7. The number of nitrogens with two attached hydrogens (primary N) is 2. The van der Waals surface area contributed by atoms with Gasteiger partial charge in [-0.05, 0) is 81.8 Å². The zero-order chi connectivity index (χ0) is 48.4. The molecular formula is C45H49N5O15. The fourth-order valence-electron chi connectivity index (χ4n) is 10.9. The van der Waals surface area contributed by atoms with Crippen molar-refractivity contribution in [2.75, 3.05) is 47.2 Å². The maximum absolute atomic E-state index is 13.5. The Hall–Kier alpha value is -6.84. The maximum Gasteiger partial charge on any atom is 0.255 e. The van der Waals surface area contributed by atoms with E-state index in [0.717, 1.165) is 5.69 Å². The van der Waals surface area contributed by atoms with Crippen LogP contribution in [0.15, 0.2) is 82.2 Å². The number of amides is 2. The standard InChI is InChI=1S/C23H27N3O7.C22H22N2O8/c1-25(2)12-5-6-13(27)15-10(12)7-9-8-11-17(26(3)4)19(29)16(22(24)32)21(31)23(11,33)20(30)14(9)18(15)28;1-7-8-5-4-6-9(25)11(8)16(26)12-10(7)17(27)14-15(24(2)3)18(28)13(21(23)31)20(30)22(14,32)19(12)29/h5-6,9,11,17,27,29-30,33H,7-8H2,1-4H3,(H2,24,32);4-6,10,14-15,17,25,27-29,32H,1H2,2-3H3,(H2,23,31)/t9-,11-,17-,23-;10-,14-,15+,17+,22+/m01/s1. The number of anilines is 1. The Kier molecular flexibility index (Phi) is 10.9. The molecule has 13 N–H and O–H groups in total. The van der Waals surface area contributed by atoms with E-state index in [1.165, 1.54) is 48.2 Å². The highest BCUT2D eigenvalue weighted by Gasteiger charge is 2.67. The monoisotopic (exact) mass is 899 g/mol. The molecule has 0 fully saturated rings. The molecule has 2 amide bonds. The summed E-state index contributed by atoms with van der Waals surface area (Å²) in [5, 5.41) is 98.8. The molecule has 6 aliphatic rings. The van der Waals surface area contributed by atoms with Crippen LogP contribution in [-0.4, -0.2) is 162 Å². The number of benzene rings is 2. The second kappa shape index (κ2) is 15.4. The molecule has 2 aromatic rings. The molecule has 344 valence electrons. The van der Waals surface area contributed by atoms with Gasteiger partial charge in [-0.2, -0.15) is 0 Å². The minimum absolute atomic E-state index is 0.00184. The van der Waals surface area contributed by atoms with E-state index in [9.17, 15) is 74.7 Å². The van der Waals surface area contributed by atoms with Gasteiger partial charge in [0, 0.05) is 37.2 Å². The Morgan fingerprint density at radius 3 is 1.75 bits per heavy atom. The summed E-state index contributed by atoms with van der Waals surface area (Å²) in [7, 11) is 9.72. The van der Waals surface area contributed by atoms with Crippen molar-refractivity contribution < 1.29 is 74.7 Å². The number of likely N-dealkylation sites (N-methyl/N-ethyl adjacent to an activating group) is 2. The summed E-state index contributed by atoms with van der Waals surface area (Å²) in [5.41, 5.74) is 4.08. The van der Waals surface area contributed by atoms with Gasteiger partial charge < -0.3 is 62.3 Å². The predicted molar refractivity (Wildman–Crippen MR) is 228 cm³/mol. The maximum atomic E-state index is 13.5. The fraction of sp³-hybridized carbons (Fsp3) is 0.378. The molecule has 0 bridgehead atoms. The molecule has 0 aromatic heterocycles. The summed E-state index contributed by atoms with van der Waals surface area (Å²) in [6.45, 7) is 3.91. The highest BCUT2D eigenvalue weighted by Crippen LogP contribution is 2.56. The zero-order valence-corrected chi connectivity index (χ0v) is 36.0. The van der Waals surface area contributed by atoms with E-state index in [0.29, 0.717) is 5.56 Å². The first-order valence-corrected chi connectivity index (χ1v) is 20.2. The Morgan fingerprint density at radius 2 is 1.22 bits per heavy atom. The van der Waals surface area contributed by atoms with E-state index in [1.807, 2.05) is 0 Å². The van der Waals surface area contributed by atoms with Crippen LogP contribution in [0.3, 0.4) is 0 Å². The number of aromatic hydroxyl groups is 2. The molecule has 65 heavy (non-hydrogen) atoms. The van der Waals surface area contributed by atoms with Crippen LogP contribution in [0.4, 0.5) is 5.69 Å². The van der Waals surface area contributed by atoms with Gasteiger partial charge in [0.2, 0.25) is 11.6 Å². The van der Waals surface area contributed by atoms with Crippen molar-refractivity contribution in [2.45, 2.75) is 42.2 Å². The fourth-order valence-corrected chi connectivity index (χ4v) is 10.9. The molecule has 6 aliphatic carbocycles. The van der Waals surface area contributed by atoms with E-state index >= 15 is 0 Å². The molecule has 9 atom stereocenters. The van der Waals surface area contributed by atoms with Crippen molar-refractivity contribution in [1.82, 2.24) is 9.80 Å². The van der Waals surface area contributed by atoms with Crippen LogP contribution in [0.2, 0.25) is 0 Å². The molecule has 20 heteroatoms. The summed E-state index contributed by atoms with van der Waals surface area (Å²) >= 11 is 0. The molecule has 0 saturated heterocycles. The number of ketones is 4. The van der Waals surface area contributed by atoms with E-state index in [-0.39, 0.29) is 46.4 Å². The van der Waals surface area contributed by atoms with Crippen LogP contribution in [0, 0.1) is 23.7 Å². The number of hydrogen-bond donors (Lipinski definition) is 11. The summed E-state index contributed by atoms with van der Waals surface area (Å²) in [6, 6.07) is 4.99. The first kappa shape index (κ1) is 46.2. The van der Waals surface area contributed by atoms with Crippen LogP contribution in [0.1, 0.15) is 38.3 Å². The van der Waals surface area contributed by atoms with Crippen LogP contribution >= 0.6 is 0 Å². The largest absolute Gasteiger partial charge is 0.510 e. The molecule has 0 aliphatic heterocycles. The minimum atomic E-state index is -2.94. The topological polar surface area (TPSA) is 346 Å². The smallest absolute Gasteiger partial charge is 0.255 e. The SMILES string of the molecule is C=C1c2cccc(O)c2C(=O)C2=C(O)[C@]3(O)C(=O)C(C(N)=O)=C(O)[C@@H](N(C)C)[C@@H]3[C@@H](O)[C@H]12.CN(C)c1ccc(O)c2c1C[C@H]1C[C@H]3[C@H](N(C)C)C(O)=C(C(N)=O)C(=O)[C@@]3(O)C(O)=C1C2=O. The van der Waals surface area contributed by atoms with Gasteiger partial charge in [0.1, 0.15) is 45.7 Å². The highest BCUT2D eigenvalue weighted by molar-refractivity contribution is 6.26. The van der Waals surface area contributed by atoms with E-state index in [1.54, 1.807) is 39.2 Å². The van der Waals surface area contributed by atoms with Gasteiger partial charge >= 0.3 is 0 Å². The van der Waals surface area contributed by atoms with Crippen molar-refractivity contribution in [3.63, 3.8) is 0 Å².